The van der Waals surface area contributed by atoms with E-state index in [1.165, 1.54) is 12.1 Å². The minimum atomic E-state index is -3.77. The van der Waals surface area contributed by atoms with E-state index in [1.807, 2.05) is 32.0 Å². The number of aromatic nitrogens is 1. The Bertz CT molecular complexity index is 1100. The van der Waals surface area contributed by atoms with E-state index in [0.29, 0.717) is 11.4 Å². The summed E-state index contributed by atoms with van der Waals surface area (Å²) in [4.78, 5) is 16.7. The molecule has 0 bridgehead atoms. The molecule has 2 N–H and O–H groups in total. The molecule has 0 atom stereocenters. The Labute approximate surface area is 164 Å². The number of nitrogens with zero attached hydrogens (tertiary/aromatic N) is 1. The number of amides is 1. The minimum absolute atomic E-state index is 0.0247. The van der Waals surface area contributed by atoms with Crippen LogP contribution >= 0.6 is 0 Å². The predicted octanol–water partition coefficient (Wildman–Crippen LogP) is 3.43. The van der Waals surface area contributed by atoms with Crippen molar-refractivity contribution in [1.82, 2.24) is 9.71 Å². The number of rotatable bonds is 6. The molecule has 3 rings (SSSR count). The van der Waals surface area contributed by atoms with Crippen LogP contribution in [0.4, 0.5) is 5.69 Å². The van der Waals surface area contributed by atoms with Crippen LogP contribution in [0.3, 0.4) is 0 Å². The highest BCUT2D eigenvalue weighted by Gasteiger charge is 2.17. The van der Waals surface area contributed by atoms with Gasteiger partial charge in [0.1, 0.15) is 0 Å². The highest BCUT2D eigenvalue weighted by Crippen LogP contribution is 2.18. The molecule has 3 aromatic rings. The molecule has 28 heavy (non-hydrogen) atoms. The Hall–Kier alpha value is -3.03. The number of anilines is 1. The van der Waals surface area contributed by atoms with Crippen LogP contribution in [-0.4, -0.2) is 19.3 Å². The second kappa shape index (κ2) is 8.33. The van der Waals surface area contributed by atoms with Crippen LogP contribution in [0.1, 0.15) is 27.2 Å². The standard InChI is InChI=1S/C21H21N3O3S/c1-15-9-10-20(16(2)12-15)24-21(25)17-6-5-8-19(13-17)28(26,27)23-14-18-7-3-4-11-22-18/h3-13,23H,14H2,1-2H3,(H,24,25). The number of aryl methyl sites for hydroxylation is 2. The van der Waals surface area contributed by atoms with Crippen molar-refractivity contribution in [2.45, 2.75) is 25.3 Å². The summed E-state index contributed by atoms with van der Waals surface area (Å²) in [7, 11) is -3.77. The summed E-state index contributed by atoms with van der Waals surface area (Å²) in [5, 5.41) is 2.83. The minimum Gasteiger partial charge on any atom is -0.322 e. The van der Waals surface area contributed by atoms with Crippen molar-refractivity contribution < 1.29 is 13.2 Å². The third kappa shape index (κ3) is 4.82. The smallest absolute Gasteiger partial charge is 0.255 e. The van der Waals surface area contributed by atoms with Crippen LogP contribution in [0.15, 0.2) is 71.8 Å². The fraction of sp³-hybridized carbons (Fsp3) is 0.143. The van der Waals surface area contributed by atoms with Gasteiger partial charge in [-0.3, -0.25) is 9.78 Å². The maximum absolute atomic E-state index is 12.6. The van der Waals surface area contributed by atoms with Gasteiger partial charge in [-0.1, -0.05) is 29.8 Å². The molecule has 0 radical (unpaired) electrons. The Morgan fingerprint density at radius 3 is 2.54 bits per heavy atom. The van der Waals surface area contributed by atoms with Gasteiger partial charge in [0.2, 0.25) is 10.0 Å². The molecule has 1 heterocycles. The Morgan fingerprint density at radius 1 is 1.00 bits per heavy atom. The summed E-state index contributed by atoms with van der Waals surface area (Å²) >= 11 is 0. The van der Waals surface area contributed by atoms with Gasteiger partial charge >= 0.3 is 0 Å². The lowest BCUT2D eigenvalue weighted by Gasteiger charge is -2.11. The van der Waals surface area contributed by atoms with E-state index in [1.54, 1.807) is 36.5 Å². The lowest BCUT2D eigenvalue weighted by Crippen LogP contribution is -2.24. The summed E-state index contributed by atoms with van der Waals surface area (Å²) < 4.78 is 27.6. The van der Waals surface area contributed by atoms with Gasteiger partial charge in [-0.2, -0.15) is 0 Å². The maximum Gasteiger partial charge on any atom is 0.255 e. The van der Waals surface area contributed by atoms with Gasteiger partial charge in [-0.25, -0.2) is 13.1 Å². The van der Waals surface area contributed by atoms with Gasteiger partial charge in [-0.05, 0) is 55.8 Å². The van der Waals surface area contributed by atoms with Crippen molar-refractivity contribution >= 4 is 21.6 Å². The topological polar surface area (TPSA) is 88.2 Å². The van der Waals surface area contributed by atoms with Gasteiger partial charge in [0.05, 0.1) is 17.1 Å². The van der Waals surface area contributed by atoms with Crippen LogP contribution in [0, 0.1) is 13.8 Å². The Morgan fingerprint density at radius 2 is 1.82 bits per heavy atom. The number of hydrogen-bond donors (Lipinski definition) is 2. The molecule has 0 saturated carbocycles. The molecular formula is C21H21N3O3S. The van der Waals surface area contributed by atoms with Crippen LogP contribution in [-0.2, 0) is 16.6 Å². The van der Waals surface area contributed by atoms with Gasteiger partial charge in [-0.15, -0.1) is 0 Å². The number of nitrogens with one attached hydrogen (secondary N) is 2. The zero-order valence-electron chi connectivity index (χ0n) is 15.6. The fourth-order valence-electron chi connectivity index (χ4n) is 2.71. The molecule has 0 aliphatic carbocycles. The third-order valence-corrected chi connectivity index (χ3v) is 5.61. The molecule has 0 aliphatic heterocycles. The quantitative estimate of drug-likeness (QED) is 0.669. The molecule has 0 aliphatic rings. The Kier molecular flexibility index (Phi) is 5.87. The van der Waals surface area contributed by atoms with Crippen molar-refractivity contribution in [3.63, 3.8) is 0 Å². The van der Waals surface area contributed by atoms with Gasteiger partial charge < -0.3 is 5.32 Å². The maximum atomic E-state index is 12.6. The average molecular weight is 395 g/mol. The normalized spacial score (nSPS) is 11.2. The Balaban J connectivity index is 1.76. The zero-order chi connectivity index (χ0) is 20.1. The number of hydrogen-bond acceptors (Lipinski definition) is 4. The lowest BCUT2D eigenvalue weighted by molar-refractivity contribution is 0.102. The summed E-state index contributed by atoms with van der Waals surface area (Å²) in [6, 6.07) is 16.9. The van der Waals surface area contributed by atoms with E-state index < -0.39 is 10.0 Å². The molecule has 1 amide bonds. The second-order valence-corrected chi connectivity index (χ2v) is 8.21. The molecule has 0 saturated heterocycles. The average Bonchev–Trinajstić information content (AvgIpc) is 2.69. The van der Waals surface area contributed by atoms with Crippen LogP contribution < -0.4 is 10.0 Å². The molecule has 7 heteroatoms. The van der Waals surface area contributed by atoms with Crippen LogP contribution in [0.25, 0.3) is 0 Å². The first-order chi connectivity index (χ1) is 13.3. The first kappa shape index (κ1) is 19.7. The summed E-state index contributed by atoms with van der Waals surface area (Å²) in [6.07, 6.45) is 1.60. The molecule has 6 nitrogen and oxygen atoms in total. The lowest BCUT2D eigenvalue weighted by atomic mass is 10.1. The third-order valence-electron chi connectivity index (χ3n) is 4.21. The van der Waals surface area contributed by atoms with E-state index in [4.69, 9.17) is 0 Å². The van der Waals surface area contributed by atoms with E-state index in [9.17, 15) is 13.2 Å². The number of benzene rings is 2. The SMILES string of the molecule is Cc1ccc(NC(=O)c2cccc(S(=O)(=O)NCc3ccccn3)c2)c(C)c1. The largest absolute Gasteiger partial charge is 0.322 e. The van der Waals surface area contributed by atoms with Gasteiger partial charge in [0.25, 0.3) is 5.91 Å². The van der Waals surface area contributed by atoms with Crippen molar-refractivity contribution in [2.75, 3.05) is 5.32 Å². The van der Waals surface area contributed by atoms with Gasteiger partial charge in [0, 0.05) is 17.4 Å². The monoisotopic (exact) mass is 395 g/mol. The fourth-order valence-corrected chi connectivity index (χ4v) is 3.75. The predicted molar refractivity (Wildman–Crippen MR) is 109 cm³/mol. The van der Waals surface area contributed by atoms with Crippen molar-refractivity contribution in [1.29, 1.82) is 0 Å². The summed E-state index contributed by atoms with van der Waals surface area (Å²) in [6.45, 7) is 3.96. The number of carbonyl (C=O) groups is 1. The van der Waals surface area contributed by atoms with Crippen LogP contribution in [0.5, 0.6) is 0 Å². The summed E-state index contributed by atoms with van der Waals surface area (Å²) in [5.41, 5.74) is 3.60. The number of pyridine rings is 1. The van der Waals surface area contributed by atoms with Gasteiger partial charge in [0.15, 0.2) is 0 Å². The number of carbonyl (C=O) groups excluding carboxylic acids is 1. The molecule has 0 spiro atoms. The van der Waals surface area contributed by atoms with E-state index in [0.717, 1.165) is 11.1 Å². The molecule has 0 unspecified atom stereocenters. The van der Waals surface area contributed by atoms with Crippen molar-refractivity contribution in [2.24, 2.45) is 0 Å². The highest BCUT2D eigenvalue weighted by molar-refractivity contribution is 7.89. The highest BCUT2D eigenvalue weighted by atomic mass is 32.2. The first-order valence-corrected chi connectivity index (χ1v) is 10.2. The zero-order valence-corrected chi connectivity index (χ0v) is 16.5. The number of sulfonamides is 1. The second-order valence-electron chi connectivity index (χ2n) is 6.45. The molecule has 1 aromatic heterocycles. The van der Waals surface area contributed by atoms with Crippen molar-refractivity contribution in [3.8, 4) is 0 Å². The van der Waals surface area contributed by atoms with E-state index in [-0.39, 0.29) is 22.9 Å². The van der Waals surface area contributed by atoms with Crippen molar-refractivity contribution in [3.05, 3.63) is 89.2 Å². The molecule has 0 fully saturated rings. The van der Waals surface area contributed by atoms with Crippen LogP contribution in [0.2, 0.25) is 0 Å². The molecule has 144 valence electrons. The van der Waals surface area contributed by atoms with E-state index >= 15 is 0 Å². The molecular weight excluding hydrogens is 374 g/mol. The molecule has 2 aromatic carbocycles. The summed E-state index contributed by atoms with van der Waals surface area (Å²) in [5.74, 6) is -0.367. The van der Waals surface area contributed by atoms with E-state index in [2.05, 4.69) is 15.0 Å². The first-order valence-electron chi connectivity index (χ1n) is 8.73.